The van der Waals surface area contributed by atoms with Crippen LogP contribution in [0.3, 0.4) is 0 Å². The Morgan fingerprint density at radius 2 is 2.58 bits per heavy atom. The molecule has 1 N–H and O–H groups in total. The highest BCUT2D eigenvalue weighted by Gasteiger charge is 2.17. The van der Waals surface area contributed by atoms with E-state index >= 15 is 0 Å². The number of rotatable bonds is 5. The number of carbonyl (C=O) groups excluding carboxylic acids is 1. The SMILES string of the molecule is C=CCOCCN1CCNC1=O. The molecule has 0 aromatic heterocycles. The van der Waals surface area contributed by atoms with Gasteiger partial charge in [0.1, 0.15) is 0 Å². The van der Waals surface area contributed by atoms with E-state index in [4.69, 9.17) is 4.74 Å². The van der Waals surface area contributed by atoms with Gasteiger partial charge in [-0.25, -0.2) is 4.79 Å². The van der Waals surface area contributed by atoms with Crippen molar-refractivity contribution in [2.75, 3.05) is 32.8 Å². The van der Waals surface area contributed by atoms with Gasteiger partial charge in [0.15, 0.2) is 0 Å². The topological polar surface area (TPSA) is 41.6 Å². The van der Waals surface area contributed by atoms with E-state index in [0.717, 1.165) is 13.1 Å². The molecule has 0 bridgehead atoms. The average molecular weight is 170 g/mol. The van der Waals surface area contributed by atoms with Crippen LogP contribution in [-0.4, -0.2) is 43.8 Å². The fourth-order valence-corrected chi connectivity index (χ4v) is 1.07. The highest BCUT2D eigenvalue weighted by molar-refractivity contribution is 5.76. The van der Waals surface area contributed by atoms with Crippen LogP contribution >= 0.6 is 0 Å². The van der Waals surface area contributed by atoms with Crippen LogP contribution in [-0.2, 0) is 4.74 Å². The molecule has 1 aliphatic rings. The molecule has 1 heterocycles. The first-order chi connectivity index (χ1) is 5.84. The van der Waals surface area contributed by atoms with Crippen LogP contribution in [0.25, 0.3) is 0 Å². The molecule has 2 amide bonds. The zero-order valence-electron chi connectivity index (χ0n) is 7.08. The molecule has 4 nitrogen and oxygen atoms in total. The molecule has 0 saturated carbocycles. The Labute approximate surface area is 72.2 Å². The van der Waals surface area contributed by atoms with E-state index in [1.165, 1.54) is 0 Å². The third-order valence-electron chi connectivity index (χ3n) is 1.69. The summed E-state index contributed by atoms with van der Waals surface area (Å²) in [6.45, 7) is 6.87. The van der Waals surface area contributed by atoms with Crippen molar-refractivity contribution >= 4 is 6.03 Å². The van der Waals surface area contributed by atoms with Crippen molar-refractivity contribution in [1.82, 2.24) is 10.2 Å². The van der Waals surface area contributed by atoms with Gasteiger partial charge in [-0.2, -0.15) is 0 Å². The lowest BCUT2D eigenvalue weighted by Gasteiger charge is -2.12. The van der Waals surface area contributed by atoms with E-state index in [1.807, 2.05) is 0 Å². The van der Waals surface area contributed by atoms with Gasteiger partial charge in [-0.1, -0.05) is 6.08 Å². The van der Waals surface area contributed by atoms with Crippen molar-refractivity contribution in [2.24, 2.45) is 0 Å². The lowest BCUT2D eigenvalue weighted by Crippen LogP contribution is -2.31. The molecule has 0 aromatic rings. The normalized spacial score (nSPS) is 16.3. The van der Waals surface area contributed by atoms with Gasteiger partial charge in [0.2, 0.25) is 0 Å². The molecule has 0 aromatic carbocycles. The highest BCUT2D eigenvalue weighted by atomic mass is 16.5. The largest absolute Gasteiger partial charge is 0.376 e. The van der Waals surface area contributed by atoms with E-state index in [1.54, 1.807) is 11.0 Å². The monoisotopic (exact) mass is 170 g/mol. The third kappa shape index (κ3) is 2.54. The van der Waals surface area contributed by atoms with Gasteiger partial charge < -0.3 is 15.0 Å². The molecule has 0 spiro atoms. The third-order valence-corrected chi connectivity index (χ3v) is 1.69. The molecule has 1 aliphatic heterocycles. The number of amides is 2. The molecule has 68 valence electrons. The van der Waals surface area contributed by atoms with Gasteiger partial charge in [0.25, 0.3) is 0 Å². The smallest absolute Gasteiger partial charge is 0.317 e. The van der Waals surface area contributed by atoms with Crippen molar-refractivity contribution in [3.05, 3.63) is 12.7 Å². The van der Waals surface area contributed by atoms with Gasteiger partial charge in [-0.05, 0) is 0 Å². The van der Waals surface area contributed by atoms with Gasteiger partial charge in [0.05, 0.1) is 13.2 Å². The summed E-state index contributed by atoms with van der Waals surface area (Å²) in [5, 5.41) is 2.72. The van der Waals surface area contributed by atoms with Crippen LogP contribution in [0.1, 0.15) is 0 Å². The fraction of sp³-hybridized carbons (Fsp3) is 0.625. The average Bonchev–Trinajstić information content (AvgIpc) is 2.46. The quantitative estimate of drug-likeness (QED) is 0.473. The summed E-state index contributed by atoms with van der Waals surface area (Å²) in [6, 6.07) is 0.0113. The van der Waals surface area contributed by atoms with Crippen molar-refractivity contribution in [1.29, 1.82) is 0 Å². The number of nitrogens with one attached hydrogen (secondary N) is 1. The predicted octanol–water partition coefficient (Wildman–Crippen LogP) is 0.214. The summed E-state index contributed by atoms with van der Waals surface area (Å²) in [5.41, 5.74) is 0. The molecule has 0 aliphatic carbocycles. The molecule has 0 atom stereocenters. The summed E-state index contributed by atoms with van der Waals surface area (Å²) in [5.74, 6) is 0. The first-order valence-electron chi connectivity index (χ1n) is 4.06. The Balaban J connectivity index is 2.06. The molecule has 0 unspecified atom stereocenters. The van der Waals surface area contributed by atoms with Crippen LogP contribution < -0.4 is 5.32 Å². The number of nitrogens with zero attached hydrogens (tertiary/aromatic N) is 1. The molecule has 0 radical (unpaired) electrons. The minimum atomic E-state index is 0.0113. The van der Waals surface area contributed by atoms with Crippen LogP contribution in [0, 0.1) is 0 Å². The fourth-order valence-electron chi connectivity index (χ4n) is 1.07. The van der Waals surface area contributed by atoms with E-state index in [2.05, 4.69) is 11.9 Å². The lowest BCUT2D eigenvalue weighted by atomic mass is 10.5. The van der Waals surface area contributed by atoms with E-state index in [-0.39, 0.29) is 6.03 Å². The predicted molar refractivity (Wildman–Crippen MR) is 46.0 cm³/mol. The van der Waals surface area contributed by atoms with Crippen LogP contribution in [0.15, 0.2) is 12.7 Å². The molecule has 4 heteroatoms. The number of hydrogen-bond donors (Lipinski definition) is 1. The summed E-state index contributed by atoms with van der Waals surface area (Å²) in [7, 11) is 0. The zero-order chi connectivity index (χ0) is 8.81. The Kier molecular flexibility index (Phi) is 3.60. The second kappa shape index (κ2) is 4.77. The molecule has 1 saturated heterocycles. The molecular formula is C8H14N2O2. The van der Waals surface area contributed by atoms with Crippen molar-refractivity contribution in [3.63, 3.8) is 0 Å². The second-order valence-electron chi connectivity index (χ2n) is 2.58. The summed E-state index contributed by atoms with van der Waals surface area (Å²) in [6.07, 6.45) is 1.70. The Morgan fingerprint density at radius 1 is 1.75 bits per heavy atom. The van der Waals surface area contributed by atoms with E-state index in [0.29, 0.717) is 19.8 Å². The molecular weight excluding hydrogens is 156 g/mol. The maximum Gasteiger partial charge on any atom is 0.317 e. The lowest BCUT2D eigenvalue weighted by molar-refractivity contribution is 0.137. The van der Waals surface area contributed by atoms with Gasteiger partial charge in [-0.3, -0.25) is 0 Å². The Hall–Kier alpha value is -1.03. The number of urea groups is 1. The van der Waals surface area contributed by atoms with E-state index in [9.17, 15) is 4.79 Å². The van der Waals surface area contributed by atoms with Gasteiger partial charge in [0, 0.05) is 19.6 Å². The standard InChI is InChI=1S/C8H14N2O2/c1-2-6-12-7-5-10-4-3-9-8(10)11/h2H,1,3-7H2,(H,9,11). The first kappa shape index (κ1) is 9.06. The second-order valence-corrected chi connectivity index (χ2v) is 2.58. The summed E-state index contributed by atoms with van der Waals surface area (Å²) in [4.78, 5) is 12.7. The van der Waals surface area contributed by atoms with Crippen LogP contribution in [0.5, 0.6) is 0 Å². The summed E-state index contributed by atoms with van der Waals surface area (Å²) < 4.78 is 5.15. The van der Waals surface area contributed by atoms with Crippen molar-refractivity contribution < 1.29 is 9.53 Å². The van der Waals surface area contributed by atoms with Crippen molar-refractivity contribution in [2.45, 2.75) is 0 Å². The van der Waals surface area contributed by atoms with E-state index < -0.39 is 0 Å². The number of carbonyl (C=O) groups is 1. The van der Waals surface area contributed by atoms with Crippen molar-refractivity contribution in [3.8, 4) is 0 Å². The highest BCUT2D eigenvalue weighted by Crippen LogP contribution is 1.95. The zero-order valence-corrected chi connectivity index (χ0v) is 7.08. The van der Waals surface area contributed by atoms with Crippen LogP contribution in [0.2, 0.25) is 0 Å². The molecule has 12 heavy (non-hydrogen) atoms. The number of ether oxygens (including phenoxy) is 1. The number of hydrogen-bond acceptors (Lipinski definition) is 2. The van der Waals surface area contributed by atoms with Crippen LogP contribution in [0.4, 0.5) is 4.79 Å². The maximum absolute atomic E-state index is 11.0. The van der Waals surface area contributed by atoms with Gasteiger partial charge in [-0.15, -0.1) is 6.58 Å². The minimum Gasteiger partial charge on any atom is -0.376 e. The first-order valence-corrected chi connectivity index (χ1v) is 4.06. The maximum atomic E-state index is 11.0. The Morgan fingerprint density at radius 3 is 3.17 bits per heavy atom. The molecule has 1 rings (SSSR count). The van der Waals surface area contributed by atoms with Gasteiger partial charge >= 0.3 is 6.03 Å². The Bertz CT molecular complexity index is 170. The summed E-state index contributed by atoms with van der Waals surface area (Å²) >= 11 is 0. The minimum absolute atomic E-state index is 0.0113. The molecule has 1 fully saturated rings.